The Morgan fingerprint density at radius 2 is 2.08 bits per heavy atom. The number of benzene rings is 1. The minimum atomic E-state index is 0.435. The molecule has 0 saturated heterocycles. The molecule has 24 heavy (non-hydrogen) atoms. The summed E-state index contributed by atoms with van der Waals surface area (Å²) >= 11 is 0. The molecule has 0 saturated carbocycles. The second-order valence-electron chi connectivity index (χ2n) is 5.44. The fourth-order valence-corrected chi connectivity index (χ4v) is 2.53. The van der Waals surface area contributed by atoms with E-state index in [-0.39, 0.29) is 0 Å². The molecule has 4 rings (SSSR count). The molecular formula is C18H15N5O. The number of nitrogens with zero attached hydrogens (tertiary/aromatic N) is 4. The number of pyridine rings is 1. The first-order chi connectivity index (χ1) is 11.8. The van der Waals surface area contributed by atoms with Gasteiger partial charge in [0, 0.05) is 47.4 Å². The molecule has 1 aromatic carbocycles. The van der Waals surface area contributed by atoms with Crippen molar-refractivity contribution in [3.63, 3.8) is 0 Å². The maximum atomic E-state index is 6.05. The smallest absolute Gasteiger partial charge is 0.131 e. The van der Waals surface area contributed by atoms with Crippen molar-refractivity contribution in [2.24, 2.45) is 0 Å². The molecule has 6 heteroatoms. The third-order valence-electron chi connectivity index (χ3n) is 3.71. The standard InChI is InChI=1S/C18H15N5O/c1-12-20-10-14-7-15(16-4-6-21-23-16)18(8-17(14)22-12)24-11-13-3-2-5-19-9-13/h2-10H,11H2,1H3,(H,21,23). The number of aryl methyl sites for hydroxylation is 1. The molecule has 4 aromatic rings. The van der Waals surface area contributed by atoms with Crippen molar-refractivity contribution in [3.8, 4) is 17.0 Å². The van der Waals surface area contributed by atoms with Crippen LogP contribution in [0.5, 0.6) is 5.75 Å². The van der Waals surface area contributed by atoms with E-state index in [1.807, 2.05) is 43.5 Å². The number of nitrogens with one attached hydrogen (secondary N) is 1. The first-order valence-corrected chi connectivity index (χ1v) is 7.58. The minimum Gasteiger partial charge on any atom is -0.488 e. The molecule has 0 radical (unpaired) electrons. The van der Waals surface area contributed by atoms with Crippen molar-refractivity contribution in [1.82, 2.24) is 25.1 Å². The molecule has 0 aliphatic heterocycles. The molecule has 0 unspecified atom stereocenters. The van der Waals surface area contributed by atoms with Crippen LogP contribution >= 0.6 is 0 Å². The van der Waals surface area contributed by atoms with Crippen molar-refractivity contribution in [2.75, 3.05) is 0 Å². The Bertz CT molecular complexity index is 968. The summed E-state index contributed by atoms with van der Waals surface area (Å²) in [7, 11) is 0. The predicted octanol–water partition coefficient (Wildman–Crippen LogP) is 3.30. The summed E-state index contributed by atoms with van der Waals surface area (Å²) in [5.74, 6) is 1.48. The molecule has 3 aromatic heterocycles. The van der Waals surface area contributed by atoms with Crippen LogP contribution in [0.25, 0.3) is 22.2 Å². The molecule has 0 fully saturated rings. The van der Waals surface area contributed by atoms with Gasteiger partial charge >= 0.3 is 0 Å². The highest BCUT2D eigenvalue weighted by atomic mass is 16.5. The van der Waals surface area contributed by atoms with Gasteiger partial charge in [0.25, 0.3) is 0 Å². The van der Waals surface area contributed by atoms with Gasteiger partial charge < -0.3 is 4.74 Å². The van der Waals surface area contributed by atoms with Crippen molar-refractivity contribution >= 4 is 10.9 Å². The van der Waals surface area contributed by atoms with E-state index in [1.165, 1.54) is 0 Å². The molecule has 0 aliphatic rings. The lowest BCUT2D eigenvalue weighted by atomic mass is 10.1. The Hall–Kier alpha value is -3.28. The molecule has 0 amide bonds. The summed E-state index contributed by atoms with van der Waals surface area (Å²) in [6, 6.07) is 9.74. The van der Waals surface area contributed by atoms with Gasteiger partial charge in [-0.1, -0.05) is 6.07 Å². The van der Waals surface area contributed by atoms with Gasteiger partial charge in [0.05, 0.1) is 11.2 Å². The molecular weight excluding hydrogens is 302 g/mol. The highest BCUT2D eigenvalue weighted by Gasteiger charge is 2.11. The SMILES string of the molecule is Cc1ncc2cc(-c3ccn[nH]3)c(OCc3cccnc3)cc2n1. The van der Waals surface area contributed by atoms with Crippen LogP contribution in [-0.2, 0) is 6.61 Å². The Morgan fingerprint density at radius 3 is 2.88 bits per heavy atom. The molecule has 6 nitrogen and oxygen atoms in total. The molecule has 118 valence electrons. The van der Waals surface area contributed by atoms with Crippen LogP contribution in [-0.4, -0.2) is 25.1 Å². The Morgan fingerprint density at radius 1 is 1.12 bits per heavy atom. The summed E-state index contributed by atoms with van der Waals surface area (Å²) < 4.78 is 6.05. The normalized spacial score (nSPS) is 10.9. The van der Waals surface area contributed by atoms with Gasteiger partial charge in [0.1, 0.15) is 18.2 Å². The maximum Gasteiger partial charge on any atom is 0.131 e. The second-order valence-corrected chi connectivity index (χ2v) is 5.44. The fourth-order valence-electron chi connectivity index (χ4n) is 2.53. The summed E-state index contributed by atoms with van der Waals surface area (Å²) in [4.78, 5) is 12.9. The van der Waals surface area contributed by atoms with Gasteiger partial charge in [0.15, 0.2) is 0 Å². The van der Waals surface area contributed by atoms with Crippen LogP contribution < -0.4 is 4.74 Å². The number of hydrogen-bond donors (Lipinski definition) is 1. The van der Waals surface area contributed by atoms with Crippen molar-refractivity contribution in [1.29, 1.82) is 0 Å². The number of aromatic nitrogens is 5. The lowest BCUT2D eigenvalue weighted by Crippen LogP contribution is -1.99. The van der Waals surface area contributed by atoms with E-state index in [9.17, 15) is 0 Å². The van der Waals surface area contributed by atoms with E-state index in [4.69, 9.17) is 4.74 Å². The van der Waals surface area contributed by atoms with Gasteiger partial charge in [-0.2, -0.15) is 5.10 Å². The largest absolute Gasteiger partial charge is 0.488 e. The molecule has 1 N–H and O–H groups in total. The Balaban J connectivity index is 1.77. The van der Waals surface area contributed by atoms with Crippen LogP contribution in [0.15, 0.2) is 55.1 Å². The first kappa shape index (κ1) is 14.3. The van der Waals surface area contributed by atoms with E-state index >= 15 is 0 Å². The van der Waals surface area contributed by atoms with Crippen LogP contribution in [0.3, 0.4) is 0 Å². The number of fused-ring (bicyclic) bond motifs is 1. The predicted molar refractivity (Wildman–Crippen MR) is 90.4 cm³/mol. The van der Waals surface area contributed by atoms with Gasteiger partial charge in [-0.3, -0.25) is 10.1 Å². The van der Waals surface area contributed by atoms with E-state index < -0.39 is 0 Å². The zero-order valence-corrected chi connectivity index (χ0v) is 13.1. The van der Waals surface area contributed by atoms with Crippen LogP contribution in [0.4, 0.5) is 0 Å². The van der Waals surface area contributed by atoms with Gasteiger partial charge in [-0.15, -0.1) is 0 Å². The summed E-state index contributed by atoms with van der Waals surface area (Å²) in [6.45, 7) is 2.31. The number of ether oxygens (including phenoxy) is 1. The van der Waals surface area contributed by atoms with E-state index in [2.05, 4.69) is 25.1 Å². The quantitative estimate of drug-likeness (QED) is 0.625. The third-order valence-corrected chi connectivity index (χ3v) is 3.71. The number of hydrogen-bond acceptors (Lipinski definition) is 5. The monoisotopic (exact) mass is 317 g/mol. The van der Waals surface area contributed by atoms with Crippen LogP contribution in [0, 0.1) is 6.92 Å². The molecule has 0 bridgehead atoms. The Kier molecular flexibility index (Phi) is 3.63. The minimum absolute atomic E-state index is 0.435. The number of rotatable bonds is 4. The van der Waals surface area contributed by atoms with Crippen LogP contribution in [0.1, 0.15) is 11.4 Å². The van der Waals surface area contributed by atoms with E-state index in [0.29, 0.717) is 6.61 Å². The van der Waals surface area contributed by atoms with Crippen molar-refractivity contribution < 1.29 is 4.74 Å². The average molecular weight is 317 g/mol. The first-order valence-electron chi connectivity index (χ1n) is 7.58. The maximum absolute atomic E-state index is 6.05. The number of aromatic amines is 1. The zero-order valence-electron chi connectivity index (χ0n) is 13.1. The molecule has 0 aliphatic carbocycles. The fraction of sp³-hybridized carbons (Fsp3) is 0.111. The zero-order chi connectivity index (χ0) is 16.4. The number of H-pyrrole nitrogens is 1. The third kappa shape index (κ3) is 2.81. The molecule has 3 heterocycles. The van der Waals surface area contributed by atoms with Gasteiger partial charge in [0.2, 0.25) is 0 Å². The summed E-state index contributed by atoms with van der Waals surface area (Å²) in [6.07, 6.45) is 7.08. The van der Waals surface area contributed by atoms with E-state index in [0.717, 1.165) is 39.3 Å². The summed E-state index contributed by atoms with van der Waals surface area (Å²) in [5, 5.41) is 7.97. The van der Waals surface area contributed by atoms with Crippen LogP contribution in [0.2, 0.25) is 0 Å². The molecule has 0 atom stereocenters. The lowest BCUT2D eigenvalue weighted by molar-refractivity contribution is 0.307. The molecule has 0 spiro atoms. The average Bonchev–Trinajstić information content (AvgIpc) is 3.14. The highest BCUT2D eigenvalue weighted by molar-refractivity contribution is 5.87. The summed E-state index contributed by atoms with van der Waals surface area (Å²) in [5.41, 5.74) is 3.67. The highest BCUT2D eigenvalue weighted by Crippen LogP contribution is 2.33. The van der Waals surface area contributed by atoms with Crippen molar-refractivity contribution in [2.45, 2.75) is 13.5 Å². The van der Waals surface area contributed by atoms with E-state index in [1.54, 1.807) is 18.6 Å². The Labute approximate surface area is 138 Å². The van der Waals surface area contributed by atoms with Crippen molar-refractivity contribution in [3.05, 3.63) is 66.5 Å². The lowest BCUT2D eigenvalue weighted by Gasteiger charge is -2.12. The topological polar surface area (TPSA) is 76.6 Å². The second kappa shape index (κ2) is 6.08. The van der Waals surface area contributed by atoms with Gasteiger partial charge in [-0.25, -0.2) is 9.97 Å². The van der Waals surface area contributed by atoms with Gasteiger partial charge in [-0.05, 0) is 25.1 Å².